The Labute approximate surface area is 107 Å². The zero-order valence-corrected chi connectivity index (χ0v) is 11.1. The van der Waals surface area contributed by atoms with Crippen LogP contribution in [0.5, 0.6) is 0 Å². The van der Waals surface area contributed by atoms with Crippen LogP contribution in [0.3, 0.4) is 0 Å². The number of nitrogens with one attached hydrogen (secondary N) is 2. The minimum Gasteiger partial charge on any atom is -0.383 e. The monoisotopic (exact) mass is 251 g/mol. The minimum absolute atomic E-state index is 0.0494. The van der Waals surface area contributed by atoms with Gasteiger partial charge in [-0.1, -0.05) is 6.07 Å². The molecule has 0 aromatic heterocycles. The second-order valence-electron chi connectivity index (χ2n) is 4.05. The van der Waals surface area contributed by atoms with Crippen molar-refractivity contribution >= 4 is 23.3 Å². The van der Waals surface area contributed by atoms with Crippen molar-refractivity contribution in [3.63, 3.8) is 0 Å². The first-order chi connectivity index (χ1) is 8.31. The summed E-state index contributed by atoms with van der Waals surface area (Å²) in [6, 6.07) is 8.07. The average molecular weight is 251 g/mol. The van der Waals surface area contributed by atoms with Crippen LogP contribution in [0.1, 0.15) is 27.7 Å². The Balaban J connectivity index is 0.000000631. The van der Waals surface area contributed by atoms with Crippen LogP contribution in [0.15, 0.2) is 24.3 Å². The number of carbonyl (C=O) groups excluding carboxylic acids is 2. The summed E-state index contributed by atoms with van der Waals surface area (Å²) in [5.41, 5.74) is 1.84. The highest BCUT2D eigenvalue weighted by Crippen LogP contribution is 2.15. The number of rotatable bonds is 3. The number of benzene rings is 1. The molecule has 0 aliphatic heterocycles. The molecule has 0 aliphatic rings. The fourth-order valence-electron chi connectivity index (χ4n) is 1.22. The second-order valence-corrected chi connectivity index (χ2v) is 4.05. The molecule has 1 aromatic carbocycles. The third kappa shape index (κ3) is 9.21. The number of hydrogen-bond donors (Lipinski definition) is 2. The summed E-state index contributed by atoms with van der Waals surface area (Å²) in [6.07, 6.45) is 0. The molecule has 0 atom stereocenters. The summed E-state index contributed by atoms with van der Waals surface area (Å²) in [6.45, 7) is 6.62. The first-order valence-electron chi connectivity index (χ1n) is 5.63. The fourth-order valence-corrected chi connectivity index (χ4v) is 1.22. The zero-order chi connectivity index (χ0) is 14.1. The predicted octanol–water partition coefficient (Wildman–Crippen LogP) is 2.43. The van der Waals surface area contributed by atoms with Crippen molar-refractivity contribution < 1.29 is 14.7 Å². The van der Waals surface area contributed by atoms with Gasteiger partial charge in [-0.25, -0.2) is 9.90 Å². The van der Waals surface area contributed by atoms with Gasteiger partial charge in [-0.3, -0.25) is 4.79 Å². The molecule has 1 aromatic rings. The number of anilines is 2. The highest BCUT2D eigenvalue weighted by atomic mass is 16.4. The molecule has 0 unspecified atom stereocenters. The van der Waals surface area contributed by atoms with E-state index in [0.717, 1.165) is 18.3 Å². The topological polar surface area (TPSA) is 78.1 Å². The highest BCUT2D eigenvalue weighted by Gasteiger charge is 1.98. The van der Waals surface area contributed by atoms with Crippen LogP contribution < -0.4 is 10.6 Å². The number of amides is 1. The standard InChI is InChI=1S/C11H16N2O.C2H3O2/c1-8(2)12-10-5-4-6-11(7-10)13-9(3)14;1-2(3)4/h4-8,12H,1-3H3,(H,13,14);1H3. The van der Waals surface area contributed by atoms with Crippen LogP contribution in [0.4, 0.5) is 11.4 Å². The van der Waals surface area contributed by atoms with E-state index in [1.807, 2.05) is 24.3 Å². The molecule has 18 heavy (non-hydrogen) atoms. The molecule has 1 radical (unpaired) electrons. The highest BCUT2D eigenvalue weighted by molar-refractivity contribution is 5.89. The molecular weight excluding hydrogens is 232 g/mol. The second kappa shape index (κ2) is 8.11. The van der Waals surface area contributed by atoms with Gasteiger partial charge in [0.2, 0.25) is 5.91 Å². The van der Waals surface area contributed by atoms with Gasteiger partial charge in [0.15, 0.2) is 0 Å². The van der Waals surface area contributed by atoms with Crippen molar-refractivity contribution in [2.45, 2.75) is 33.7 Å². The number of hydrogen-bond acceptors (Lipinski definition) is 3. The van der Waals surface area contributed by atoms with Gasteiger partial charge in [0.1, 0.15) is 0 Å². The largest absolute Gasteiger partial charge is 0.383 e. The molecule has 0 aliphatic carbocycles. The van der Waals surface area contributed by atoms with E-state index in [0.29, 0.717) is 6.04 Å². The van der Waals surface area contributed by atoms with Crippen LogP contribution in [0, 0.1) is 0 Å². The van der Waals surface area contributed by atoms with Crippen molar-refractivity contribution in [3.05, 3.63) is 24.3 Å². The molecule has 0 spiro atoms. The van der Waals surface area contributed by atoms with E-state index in [1.165, 1.54) is 6.92 Å². The molecule has 5 heteroatoms. The molecule has 5 nitrogen and oxygen atoms in total. The van der Waals surface area contributed by atoms with Gasteiger partial charge < -0.3 is 10.6 Å². The van der Waals surface area contributed by atoms with E-state index in [2.05, 4.69) is 24.5 Å². The van der Waals surface area contributed by atoms with Gasteiger partial charge >= 0.3 is 5.97 Å². The predicted molar refractivity (Wildman–Crippen MR) is 70.9 cm³/mol. The SMILES string of the molecule is CC(=O)Nc1cccc(NC(C)C)c1.CC([O])=O. The van der Waals surface area contributed by atoms with E-state index in [1.54, 1.807) is 0 Å². The zero-order valence-electron chi connectivity index (χ0n) is 11.1. The molecule has 0 saturated heterocycles. The quantitative estimate of drug-likeness (QED) is 0.866. The van der Waals surface area contributed by atoms with Crippen molar-refractivity contribution in [2.24, 2.45) is 0 Å². The first-order valence-corrected chi connectivity index (χ1v) is 5.63. The lowest BCUT2D eigenvalue weighted by atomic mass is 10.2. The van der Waals surface area contributed by atoms with Gasteiger partial charge in [0.25, 0.3) is 0 Å². The van der Waals surface area contributed by atoms with Gasteiger partial charge in [-0.15, -0.1) is 0 Å². The Kier molecular flexibility index (Phi) is 7.19. The van der Waals surface area contributed by atoms with E-state index in [4.69, 9.17) is 9.90 Å². The molecule has 1 rings (SSSR count). The maximum atomic E-state index is 10.8. The molecule has 0 fully saturated rings. The van der Waals surface area contributed by atoms with Crippen molar-refractivity contribution in [1.29, 1.82) is 0 Å². The average Bonchev–Trinajstić information content (AvgIpc) is 2.14. The normalized spacial score (nSPS) is 9.17. The van der Waals surface area contributed by atoms with Crippen molar-refractivity contribution in [2.75, 3.05) is 10.6 Å². The Morgan fingerprint density at radius 1 is 1.11 bits per heavy atom. The van der Waals surface area contributed by atoms with Crippen LogP contribution in [-0.4, -0.2) is 17.9 Å². The van der Waals surface area contributed by atoms with Crippen LogP contribution >= 0.6 is 0 Å². The van der Waals surface area contributed by atoms with Crippen LogP contribution in [-0.2, 0) is 14.7 Å². The Hall–Kier alpha value is -2.04. The maximum absolute atomic E-state index is 10.8. The van der Waals surface area contributed by atoms with Crippen LogP contribution in [0.2, 0.25) is 0 Å². The number of carbonyl (C=O) groups is 2. The van der Waals surface area contributed by atoms with E-state index >= 15 is 0 Å². The van der Waals surface area contributed by atoms with Crippen molar-refractivity contribution in [1.82, 2.24) is 0 Å². The smallest absolute Gasteiger partial charge is 0.352 e. The van der Waals surface area contributed by atoms with E-state index < -0.39 is 5.97 Å². The summed E-state index contributed by atoms with van der Waals surface area (Å²) in [5, 5.41) is 14.9. The Morgan fingerprint density at radius 3 is 2.06 bits per heavy atom. The Morgan fingerprint density at radius 2 is 1.61 bits per heavy atom. The lowest BCUT2D eigenvalue weighted by molar-refractivity contribution is -0.140. The molecule has 0 bridgehead atoms. The van der Waals surface area contributed by atoms with Crippen molar-refractivity contribution in [3.8, 4) is 0 Å². The minimum atomic E-state index is -1.08. The molecule has 99 valence electrons. The van der Waals surface area contributed by atoms with Crippen LogP contribution in [0.25, 0.3) is 0 Å². The van der Waals surface area contributed by atoms with Gasteiger partial charge in [0, 0.05) is 31.3 Å². The lowest BCUT2D eigenvalue weighted by Gasteiger charge is -2.11. The first kappa shape index (κ1) is 16.0. The molecule has 1 amide bonds. The summed E-state index contributed by atoms with van der Waals surface area (Å²) >= 11 is 0. The van der Waals surface area contributed by atoms with E-state index in [-0.39, 0.29) is 5.91 Å². The van der Waals surface area contributed by atoms with E-state index in [9.17, 15) is 4.79 Å². The lowest BCUT2D eigenvalue weighted by Crippen LogP contribution is -2.10. The Bertz CT molecular complexity index is 399. The maximum Gasteiger partial charge on any atom is 0.352 e. The van der Waals surface area contributed by atoms with Gasteiger partial charge in [-0.05, 0) is 32.0 Å². The molecule has 2 N–H and O–H groups in total. The molecule has 0 saturated carbocycles. The fraction of sp³-hybridized carbons (Fsp3) is 0.385. The summed E-state index contributed by atoms with van der Waals surface area (Å²) in [4.78, 5) is 19.7. The third-order valence-electron chi connectivity index (χ3n) is 1.64. The molecule has 0 heterocycles. The summed E-state index contributed by atoms with van der Waals surface area (Å²) < 4.78 is 0. The third-order valence-corrected chi connectivity index (χ3v) is 1.64. The van der Waals surface area contributed by atoms with Gasteiger partial charge in [0.05, 0.1) is 0 Å². The summed E-state index contributed by atoms with van der Waals surface area (Å²) in [5.74, 6) is -1.13. The molecular formula is C13H19N2O3. The summed E-state index contributed by atoms with van der Waals surface area (Å²) in [7, 11) is 0. The van der Waals surface area contributed by atoms with Gasteiger partial charge in [-0.2, -0.15) is 0 Å².